The highest BCUT2D eigenvalue weighted by molar-refractivity contribution is 5.75. The monoisotopic (exact) mass is 405 g/mol. The van der Waals surface area contributed by atoms with Gasteiger partial charge < -0.3 is 24.4 Å². The molecule has 1 atom stereocenters. The summed E-state index contributed by atoms with van der Waals surface area (Å²) in [5.41, 5.74) is 4.70. The predicted molar refractivity (Wildman–Crippen MR) is 119 cm³/mol. The molecule has 0 amide bonds. The van der Waals surface area contributed by atoms with Gasteiger partial charge in [0, 0.05) is 17.8 Å². The third-order valence-electron chi connectivity index (χ3n) is 4.83. The van der Waals surface area contributed by atoms with Crippen LogP contribution >= 0.6 is 0 Å². The number of anilines is 2. The van der Waals surface area contributed by atoms with Gasteiger partial charge in [-0.3, -0.25) is 0 Å². The fourth-order valence-corrected chi connectivity index (χ4v) is 3.45. The molecular formula is C24H27N3O3. The molecule has 2 aromatic carbocycles. The number of nitrogens with one attached hydrogen (secondary N) is 1. The van der Waals surface area contributed by atoms with Crippen molar-refractivity contribution in [2.24, 2.45) is 0 Å². The Labute approximate surface area is 177 Å². The maximum Gasteiger partial charge on any atom is 0.238 e. The van der Waals surface area contributed by atoms with E-state index in [1.807, 2.05) is 37.3 Å². The molecule has 2 heterocycles. The van der Waals surface area contributed by atoms with Crippen molar-refractivity contribution in [2.75, 3.05) is 33.1 Å². The highest BCUT2D eigenvalue weighted by Crippen LogP contribution is 2.41. The first-order valence-corrected chi connectivity index (χ1v) is 10.0. The number of hydrogen-bond acceptors (Lipinski definition) is 6. The minimum atomic E-state index is -0.00282. The number of rotatable bonds is 6. The summed E-state index contributed by atoms with van der Waals surface area (Å²) in [5.74, 6) is 1.99. The largest absolute Gasteiger partial charge is 0.486 e. The Morgan fingerprint density at radius 1 is 1.10 bits per heavy atom. The van der Waals surface area contributed by atoms with Crippen molar-refractivity contribution in [1.82, 2.24) is 9.88 Å². The molecule has 6 nitrogen and oxygen atoms in total. The van der Waals surface area contributed by atoms with Gasteiger partial charge in [0.15, 0.2) is 11.5 Å². The molecule has 0 saturated heterocycles. The van der Waals surface area contributed by atoms with Crippen molar-refractivity contribution < 1.29 is 14.2 Å². The fourth-order valence-electron chi connectivity index (χ4n) is 3.45. The molecule has 156 valence electrons. The zero-order valence-electron chi connectivity index (χ0n) is 17.8. The number of methoxy groups -OCH3 is 1. The van der Waals surface area contributed by atoms with E-state index >= 15 is 0 Å². The highest BCUT2D eigenvalue weighted by atomic mass is 16.6. The summed E-state index contributed by atoms with van der Waals surface area (Å²) in [6.07, 6.45) is -0.00282. The van der Waals surface area contributed by atoms with Gasteiger partial charge in [0.05, 0.1) is 12.8 Å². The first-order valence-electron chi connectivity index (χ1n) is 10.0. The first-order chi connectivity index (χ1) is 14.5. The normalized spacial score (nSPS) is 15.2. The smallest absolute Gasteiger partial charge is 0.238 e. The quantitative estimate of drug-likeness (QED) is 0.640. The van der Waals surface area contributed by atoms with E-state index in [2.05, 4.69) is 48.6 Å². The zero-order valence-corrected chi connectivity index (χ0v) is 17.8. The minimum absolute atomic E-state index is 0.00282. The molecule has 3 aromatic rings. The lowest BCUT2D eigenvalue weighted by molar-refractivity contribution is 0.105. The second kappa shape index (κ2) is 8.63. The van der Waals surface area contributed by atoms with Crippen molar-refractivity contribution in [2.45, 2.75) is 19.6 Å². The second-order valence-electron chi connectivity index (χ2n) is 7.69. The van der Waals surface area contributed by atoms with Gasteiger partial charge in [0.1, 0.15) is 18.4 Å². The summed E-state index contributed by atoms with van der Waals surface area (Å²) >= 11 is 0. The van der Waals surface area contributed by atoms with Crippen LogP contribution in [0.2, 0.25) is 0 Å². The third-order valence-corrected chi connectivity index (χ3v) is 4.83. The molecule has 1 aliphatic heterocycles. The second-order valence-corrected chi connectivity index (χ2v) is 7.69. The van der Waals surface area contributed by atoms with Crippen molar-refractivity contribution in [3.63, 3.8) is 0 Å². The Morgan fingerprint density at radius 3 is 2.63 bits per heavy atom. The maximum absolute atomic E-state index is 6.03. The van der Waals surface area contributed by atoms with Crippen molar-refractivity contribution in [3.05, 3.63) is 60.2 Å². The van der Waals surface area contributed by atoms with Crippen molar-refractivity contribution in [1.29, 1.82) is 0 Å². The Kier molecular flexibility index (Phi) is 5.77. The Hall–Kier alpha value is -3.25. The molecule has 30 heavy (non-hydrogen) atoms. The topological polar surface area (TPSA) is 55.9 Å². The van der Waals surface area contributed by atoms with E-state index in [-0.39, 0.29) is 6.10 Å². The van der Waals surface area contributed by atoms with Gasteiger partial charge in [-0.15, -0.1) is 0 Å². The Bertz CT molecular complexity index is 1020. The van der Waals surface area contributed by atoms with E-state index in [1.54, 1.807) is 7.11 Å². The Morgan fingerprint density at radius 2 is 1.90 bits per heavy atom. The molecule has 0 radical (unpaired) electrons. The maximum atomic E-state index is 6.03. The van der Waals surface area contributed by atoms with Crippen LogP contribution in [0.4, 0.5) is 11.4 Å². The van der Waals surface area contributed by atoms with Crippen LogP contribution in [0.25, 0.3) is 11.3 Å². The molecule has 1 aromatic heterocycles. The van der Waals surface area contributed by atoms with Crippen LogP contribution in [0.15, 0.2) is 54.6 Å². The van der Waals surface area contributed by atoms with Crippen LogP contribution in [0.5, 0.6) is 17.4 Å². The van der Waals surface area contributed by atoms with Crippen LogP contribution in [0.3, 0.4) is 0 Å². The molecule has 6 heteroatoms. The van der Waals surface area contributed by atoms with Gasteiger partial charge in [0.2, 0.25) is 5.88 Å². The van der Waals surface area contributed by atoms with Gasteiger partial charge >= 0.3 is 0 Å². The van der Waals surface area contributed by atoms with Crippen LogP contribution < -0.4 is 19.5 Å². The number of pyridine rings is 1. The fraction of sp³-hybridized carbons (Fsp3) is 0.292. The van der Waals surface area contributed by atoms with Crippen molar-refractivity contribution >= 4 is 11.4 Å². The lowest BCUT2D eigenvalue weighted by atomic mass is 10.1. The summed E-state index contributed by atoms with van der Waals surface area (Å²) in [7, 11) is 5.75. The summed E-state index contributed by atoms with van der Waals surface area (Å²) < 4.78 is 17.4. The van der Waals surface area contributed by atoms with E-state index in [1.165, 1.54) is 5.56 Å². The average Bonchev–Trinajstić information content (AvgIpc) is 2.74. The van der Waals surface area contributed by atoms with E-state index in [0.29, 0.717) is 12.5 Å². The van der Waals surface area contributed by atoms with Crippen LogP contribution in [-0.4, -0.2) is 43.8 Å². The number of benzene rings is 2. The molecule has 0 bridgehead atoms. The molecule has 0 fully saturated rings. The predicted octanol–water partition coefficient (Wildman–Crippen LogP) is 4.72. The lowest BCUT2D eigenvalue weighted by Gasteiger charge is -2.25. The lowest BCUT2D eigenvalue weighted by Crippen LogP contribution is -2.26. The summed E-state index contributed by atoms with van der Waals surface area (Å²) in [5, 5.41) is 3.39. The number of nitrogens with zero attached hydrogens (tertiary/aromatic N) is 2. The van der Waals surface area contributed by atoms with Gasteiger partial charge in [-0.1, -0.05) is 18.2 Å². The Balaban J connectivity index is 1.60. The first kappa shape index (κ1) is 20.0. The number of para-hydroxylation sites is 1. The molecule has 0 aliphatic carbocycles. The van der Waals surface area contributed by atoms with Gasteiger partial charge in [-0.05, 0) is 63.0 Å². The van der Waals surface area contributed by atoms with Gasteiger partial charge in [0.25, 0.3) is 0 Å². The summed E-state index contributed by atoms with van der Waals surface area (Å²) in [4.78, 5) is 6.87. The van der Waals surface area contributed by atoms with E-state index < -0.39 is 0 Å². The molecule has 0 spiro atoms. The van der Waals surface area contributed by atoms with Crippen molar-refractivity contribution in [3.8, 4) is 28.6 Å². The minimum Gasteiger partial charge on any atom is -0.486 e. The number of fused-ring (bicyclic) bond motifs is 1. The third kappa shape index (κ3) is 4.33. The standard InChI is InChI=1S/C24H27N3O3/c1-16-15-29-22-7-5-6-19(23(22)30-16)20-12-13-21(24(26-20)28-4)25-18-10-8-17(9-11-18)14-27(2)3/h5-13,16,25H,14-15H2,1-4H3. The van der Waals surface area contributed by atoms with Gasteiger partial charge in [-0.25, -0.2) is 4.98 Å². The number of aromatic nitrogens is 1. The average molecular weight is 405 g/mol. The van der Waals surface area contributed by atoms with Gasteiger partial charge in [-0.2, -0.15) is 0 Å². The molecule has 1 unspecified atom stereocenters. The molecular weight excluding hydrogens is 378 g/mol. The zero-order chi connectivity index (χ0) is 21.1. The van der Waals surface area contributed by atoms with E-state index in [9.17, 15) is 0 Å². The van der Waals surface area contributed by atoms with E-state index in [4.69, 9.17) is 19.2 Å². The molecule has 1 aliphatic rings. The van der Waals surface area contributed by atoms with Crippen LogP contribution in [0.1, 0.15) is 12.5 Å². The van der Waals surface area contributed by atoms with E-state index in [0.717, 1.165) is 40.7 Å². The number of hydrogen-bond donors (Lipinski definition) is 1. The highest BCUT2D eigenvalue weighted by Gasteiger charge is 2.22. The SMILES string of the molecule is COc1nc(-c2cccc3c2OC(C)CO3)ccc1Nc1ccc(CN(C)C)cc1. The summed E-state index contributed by atoms with van der Waals surface area (Å²) in [6, 6.07) is 18.1. The molecule has 1 N–H and O–H groups in total. The molecule has 4 rings (SSSR count). The number of ether oxygens (including phenoxy) is 3. The summed E-state index contributed by atoms with van der Waals surface area (Å²) in [6.45, 7) is 3.44. The molecule has 0 saturated carbocycles. The van der Waals surface area contributed by atoms with Crippen LogP contribution in [0, 0.1) is 0 Å². The van der Waals surface area contributed by atoms with Crippen LogP contribution in [-0.2, 0) is 6.54 Å².